The molecule has 0 spiro atoms. The van der Waals surface area contributed by atoms with E-state index in [1.165, 1.54) is 16.4 Å². The number of carboxylic acid groups (broad SMARTS) is 1. The summed E-state index contributed by atoms with van der Waals surface area (Å²) >= 11 is 0. The van der Waals surface area contributed by atoms with Crippen LogP contribution in [-0.2, 0) is 19.6 Å². The molecule has 0 bridgehead atoms. The second-order valence-corrected chi connectivity index (χ2v) is 8.80. The van der Waals surface area contributed by atoms with Gasteiger partial charge in [-0.1, -0.05) is 20.3 Å². The average molecular weight is 400 g/mol. The smallest absolute Gasteiger partial charge is 0.326 e. The van der Waals surface area contributed by atoms with Crippen LogP contribution in [0.1, 0.15) is 33.1 Å². The highest BCUT2D eigenvalue weighted by Gasteiger charge is 2.35. The molecule has 0 saturated carbocycles. The fourth-order valence-corrected chi connectivity index (χ4v) is 4.61. The molecule has 9 heteroatoms. The van der Waals surface area contributed by atoms with Gasteiger partial charge in [-0.25, -0.2) is 17.6 Å². The minimum Gasteiger partial charge on any atom is -0.480 e. The maximum absolute atomic E-state index is 13.1. The highest BCUT2D eigenvalue weighted by atomic mass is 32.2. The van der Waals surface area contributed by atoms with E-state index in [1.807, 2.05) is 6.92 Å². The Balaban J connectivity index is 2.11. The van der Waals surface area contributed by atoms with E-state index < -0.39 is 39.7 Å². The van der Waals surface area contributed by atoms with Crippen molar-refractivity contribution in [2.24, 2.45) is 11.8 Å². The predicted octanol–water partition coefficient (Wildman–Crippen LogP) is 1.84. The van der Waals surface area contributed by atoms with Crippen LogP contribution < -0.4 is 5.32 Å². The van der Waals surface area contributed by atoms with Crippen molar-refractivity contribution in [3.05, 3.63) is 30.1 Å². The highest BCUT2D eigenvalue weighted by molar-refractivity contribution is 7.89. The van der Waals surface area contributed by atoms with Crippen molar-refractivity contribution in [2.45, 2.75) is 44.0 Å². The topological polar surface area (TPSA) is 104 Å². The first-order valence-corrected chi connectivity index (χ1v) is 10.4. The summed E-state index contributed by atoms with van der Waals surface area (Å²) < 4.78 is 39.7. The highest BCUT2D eigenvalue weighted by Crippen LogP contribution is 2.24. The number of nitrogens with zero attached hydrogens (tertiary/aromatic N) is 1. The number of hydrogen-bond donors (Lipinski definition) is 2. The summed E-state index contributed by atoms with van der Waals surface area (Å²) in [5, 5.41) is 11.9. The lowest BCUT2D eigenvalue weighted by atomic mass is 9.95. The first-order valence-electron chi connectivity index (χ1n) is 8.95. The lowest BCUT2D eigenvalue weighted by molar-refractivity contribution is -0.144. The standard InChI is InChI=1S/C18H25FN2O5S/c1-3-12(2)16(18(23)24)20-17(22)13-5-4-10-21(11-13)27(25,26)15-8-6-14(19)7-9-15/h6-9,12-13,16H,3-5,10-11H2,1-2H3,(H,20,22)(H,23,24)/t12-,13+,16-/m0/s1. The predicted molar refractivity (Wildman–Crippen MR) is 96.9 cm³/mol. The summed E-state index contributed by atoms with van der Waals surface area (Å²) in [5.74, 6) is -2.96. The number of carbonyl (C=O) groups excluding carboxylic acids is 1. The van der Waals surface area contributed by atoms with E-state index in [0.717, 1.165) is 12.1 Å². The van der Waals surface area contributed by atoms with Crippen molar-refractivity contribution in [2.75, 3.05) is 13.1 Å². The Hall–Kier alpha value is -2.00. The van der Waals surface area contributed by atoms with Crippen molar-refractivity contribution in [1.82, 2.24) is 9.62 Å². The van der Waals surface area contributed by atoms with Gasteiger partial charge in [0.15, 0.2) is 0 Å². The summed E-state index contributed by atoms with van der Waals surface area (Å²) in [6, 6.07) is 3.52. The summed E-state index contributed by atoms with van der Waals surface area (Å²) in [6.45, 7) is 3.81. The van der Waals surface area contributed by atoms with Gasteiger partial charge >= 0.3 is 5.97 Å². The number of halogens is 1. The molecular formula is C18H25FN2O5S. The molecule has 1 saturated heterocycles. The van der Waals surface area contributed by atoms with Crippen LogP contribution in [0.5, 0.6) is 0 Å². The minimum absolute atomic E-state index is 0.0294. The molecule has 2 rings (SSSR count). The molecule has 1 fully saturated rings. The SMILES string of the molecule is CC[C@H](C)[C@H](NC(=O)[C@@H]1CCCN(S(=O)(=O)c2ccc(F)cc2)C1)C(=O)O. The number of amides is 1. The summed E-state index contributed by atoms with van der Waals surface area (Å²) in [4.78, 5) is 23.9. The van der Waals surface area contributed by atoms with Crippen LogP contribution in [0.25, 0.3) is 0 Å². The van der Waals surface area contributed by atoms with E-state index in [0.29, 0.717) is 19.3 Å². The second kappa shape index (κ2) is 8.79. The third-order valence-electron chi connectivity index (χ3n) is 4.98. The molecule has 0 unspecified atom stereocenters. The molecule has 1 aliphatic heterocycles. The molecule has 1 aliphatic rings. The minimum atomic E-state index is -3.84. The Bertz CT molecular complexity index is 781. The maximum atomic E-state index is 13.1. The van der Waals surface area contributed by atoms with Crippen LogP contribution >= 0.6 is 0 Å². The molecule has 2 N–H and O–H groups in total. The molecule has 0 aromatic heterocycles. The molecule has 3 atom stereocenters. The van der Waals surface area contributed by atoms with Crippen molar-refractivity contribution in [3.63, 3.8) is 0 Å². The summed E-state index contributed by atoms with van der Waals surface area (Å²) in [5.41, 5.74) is 0. The zero-order valence-corrected chi connectivity index (χ0v) is 16.2. The third kappa shape index (κ3) is 5.04. The number of piperidine rings is 1. The van der Waals surface area contributed by atoms with Gasteiger partial charge in [0, 0.05) is 13.1 Å². The number of carbonyl (C=O) groups is 2. The first-order chi connectivity index (χ1) is 12.7. The normalized spacial score (nSPS) is 20.6. The van der Waals surface area contributed by atoms with Crippen LogP contribution in [0.3, 0.4) is 0 Å². The van der Waals surface area contributed by atoms with Crippen LogP contribution in [-0.4, -0.2) is 48.8 Å². The van der Waals surface area contributed by atoms with Gasteiger partial charge in [0.25, 0.3) is 0 Å². The fourth-order valence-electron chi connectivity index (χ4n) is 3.08. The van der Waals surface area contributed by atoms with Gasteiger partial charge in [-0.2, -0.15) is 4.31 Å². The molecule has 0 aliphatic carbocycles. The number of nitrogens with one attached hydrogen (secondary N) is 1. The Labute approximate surface area is 158 Å². The van der Waals surface area contributed by atoms with Gasteiger partial charge in [0.1, 0.15) is 11.9 Å². The molecule has 1 heterocycles. The first kappa shape index (κ1) is 21.3. The molecule has 1 aromatic carbocycles. The molecule has 0 radical (unpaired) electrons. The lowest BCUT2D eigenvalue weighted by Gasteiger charge is -2.32. The number of sulfonamides is 1. The van der Waals surface area contributed by atoms with Crippen LogP contribution in [0.15, 0.2) is 29.2 Å². The molecule has 1 aromatic rings. The number of benzene rings is 1. The van der Waals surface area contributed by atoms with Crippen LogP contribution in [0.4, 0.5) is 4.39 Å². The van der Waals surface area contributed by atoms with E-state index in [9.17, 15) is 27.5 Å². The molecular weight excluding hydrogens is 375 g/mol. The van der Waals surface area contributed by atoms with Gasteiger partial charge in [-0.05, 0) is 43.0 Å². The van der Waals surface area contributed by atoms with Gasteiger partial charge in [0.2, 0.25) is 15.9 Å². The largest absolute Gasteiger partial charge is 0.480 e. The van der Waals surface area contributed by atoms with E-state index in [4.69, 9.17) is 0 Å². The Kier molecular flexibility index (Phi) is 6.94. The quantitative estimate of drug-likeness (QED) is 0.727. The van der Waals surface area contributed by atoms with Gasteiger partial charge in [-0.3, -0.25) is 4.79 Å². The second-order valence-electron chi connectivity index (χ2n) is 6.87. The monoisotopic (exact) mass is 400 g/mol. The molecule has 27 heavy (non-hydrogen) atoms. The van der Waals surface area contributed by atoms with Gasteiger partial charge < -0.3 is 10.4 Å². The Morgan fingerprint density at radius 1 is 1.33 bits per heavy atom. The van der Waals surface area contributed by atoms with Gasteiger partial charge in [-0.15, -0.1) is 0 Å². The lowest BCUT2D eigenvalue weighted by Crippen LogP contribution is -2.51. The Morgan fingerprint density at radius 3 is 2.52 bits per heavy atom. The molecule has 7 nitrogen and oxygen atoms in total. The third-order valence-corrected chi connectivity index (χ3v) is 6.86. The van der Waals surface area contributed by atoms with Crippen LogP contribution in [0.2, 0.25) is 0 Å². The van der Waals surface area contributed by atoms with Crippen molar-refractivity contribution in [1.29, 1.82) is 0 Å². The number of aliphatic carboxylic acids is 1. The number of rotatable bonds is 7. The molecule has 150 valence electrons. The van der Waals surface area contributed by atoms with Crippen molar-refractivity contribution >= 4 is 21.9 Å². The number of hydrogen-bond acceptors (Lipinski definition) is 4. The average Bonchev–Trinajstić information content (AvgIpc) is 2.65. The molecule has 1 amide bonds. The maximum Gasteiger partial charge on any atom is 0.326 e. The van der Waals surface area contributed by atoms with Gasteiger partial charge in [0.05, 0.1) is 10.8 Å². The summed E-state index contributed by atoms with van der Waals surface area (Å²) in [6.07, 6.45) is 1.56. The van der Waals surface area contributed by atoms with E-state index in [-0.39, 0.29) is 23.9 Å². The van der Waals surface area contributed by atoms with E-state index >= 15 is 0 Å². The summed E-state index contributed by atoms with van der Waals surface area (Å²) in [7, 11) is -3.84. The Morgan fingerprint density at radius 2 is 1.96 bits per heavy atom. The number of carboxylic acids is 1. The van der Waals surface area contributed by atoms with E-state index in [2.05, 4.69) is 5.32 Å². The van der Waals surface area contributed by atoms with Crippen molar-refractivity contribution < 1.29 is 27.5 Å². The van der Waals surface area contributed by atoms with Crippen LogP contribution in [0, 0.1) is 17.7 Å². The fraction of sp³-hybridized carbons (Fsp3) is 0.556. The zero-order valence-electron chi connectivity index (χ0n) is 15.4. The van der Waals surface area contributed by atoms with E-state index in [1.54, 1.807) is 6.92 Å². The van der Waals surface area contributed by atoms with Crippen molar-refractivity contribution in [3.8, 4) is 0 Å². The zero-order chi connectivity index (χ0) is 20.2.